The predicted molar refractivity (Wildman–Crippen MR) is 139 cm³/mol. The van der Waals surface area contributed by atoms with Crippen LogP contribution >= 0.6 is 0 Å². The van der Waals surface area contributed by atoms with Crippen LogP contribution in [0.5, 0.6) is 0 Å². The van der Waals surface area contributed by atoms with Crippen LogP contribution in [0.3, 0.4) is 0 Å². The van der Waals surface area contributed by atoms with E-state index in [1.165, 1.54) is 12.8 Å². The standard InChI is InChI=1S/C32H30/c1-3-5-7-9-11-13-15-17-19-29-21-25-31(26-22-29)32-27-23-30(24-28-32)20-18-16-14-12-10-8-6-4-2/h13-16,21-28H,3-8H2,1-2H3/b15-13-,16-14-. The second-order valence-electron chi connectivity index (χ2n) is 7.21. The van der Waals surface area contributed by atoms with E-state index >= 15 is 0 Å². The first-order chi connectivity index (χ1) is 15.8. The maximum Gasteiger partial charge on any atom is 0.0249 e. The van der Waals surface area contributed by atoms with Crippen molar-refractivity contribution in [2.75, 3.05) is 0 Å². The zero-order valence-corrected chi connectivity index (χ0v) is 19.2. The van der Waals surface area contributed by atoms with Gasteiger partial charge in [0.15, 0.2) is 0 Å². The minimum atomic E-state index is 0.953. The molecule has 2 rings (SSSR count). The summed E-state index contributed by atoms with van der Waals surface area (Å²) < 4.78 is 0. The quantitative estimate of drug-likeness (QED) is 0.350. The Hall–Kier alpha value is -3.84. The van der Waals surface area contributed by atoms with Gasteiger partial charge in [0, 0.05) is 24.0 Å². The molecule has 0 heteroatoms. The SMILES string of the molecule is CCCCC#C/C=C\C#Cc1ccc(-c2ccc(C#C/C=C\C#CCCCC)cc2)cc1. The minimum absolute atomic E-state index is 0.953. The fourth-order valence-corrected chi connectivity index (χ4v) is 2.70. The number of hydrogen-bond donors (Lipinski definition) is 0. The lowest BCUT2D eigenvalue weighted by atomic mass is 10.0. The highest BCUT2D eigenvalue weighted by atomic mass is 14.0. The molecular weight excluding hydrogens is 384 g/mol. The Morgan fingerprint density at radius 2 is 0.906 bits per heavy atom. The molecule has 0 bridgehead atoms. The van der Waals surface area contributed by atoms with E-state index in [1.807, 2.05) is 36.4 Å². The summed E-state index contributed by atoms with van der Waals surface area (Å²) in [5, 5.41) is 0. The monoisotopic (exact) mass is 414 g/mol. The molecule has 0 nitrogen and oxygen atoms in total. The van der Waals surface area contributed by atoms with Gasteiger partial charge in [0.05, 0.1) is 0 Å². The molecule has 0 saturated heterocycles. The number of benzene rings is 2. The number of hydrogen-bond acceptors (Lipinski definition) is 0. The van der Waals surface area contributed by atoms with Crippen LogP contribution in [0.4, 0.5) is 0 Å². The van der Waals surface area contributed by atoms with E-state index < -0.39 is 0 Å². The fourth-order valence-electron chi connectivity index (χ4n) is 2.70. The van der Waals surface area contributed by atoms with E-state index in [0.717, 1.165) is 47.9 Å². The van der Waals surface area contributed by atoms with Crippen molar-refractivity contribution in [3.8, 4) is 58.5 Å². The highest BCUT2D eigenvalue weighted by molar-refractivity contribution is 5.65. The smallest absolute Gasteiger partial charge is 0.0249 e. The Labute approximate surface area is 194 Å². The average molecular weight is 415 g/mol. The normalized spacial score (nSPS) is 9.69. The van der Waals surface area contributed by atoms with Gasteiger partial charge in [-0.05, 0) is 72.5 Å². The van der Waals surface area contributed by atoms with Crippen LogP contribution in [0.2, 0.25) is 0 Å². The lowest BCUT2D eigenvalue weighted by molar-refractivity contribution is 0.828. The Kier molecular flexibility index (Phi) is 12.2. The molecule has 32 heavy (non-hydrogen) atoms. The third-order valence-electron chi connectivity index (χ3n) is 4.55. The summed E-state index contributed by atoms with van der Waals surface area (Å²) in [5.74, 6) is 24.6. The zero-order valence-electron chi connectivity index (χ0n) is 19.2. The molecule has 0 aromatic heterocycles. The molecule has 0 aliphatic heterocycles. The first-order valence-corrected chi connectivity index (χ1v) is 11.3. The maximum absolute atomic E-state index is 3.14. The van der Waals surface area contributed by atoms with Crippen LogP contribution in [0.15, 0.2) is 72.8 Å². The highest BCUT2D eigenvalue weighted by Gasteiger charge is 1.97. The van der Waals surface area contributed by atoms with Crippen molar-refractivity contribution in [1.29, 1.82) is 0 Å². The Bertz CT molecular complexity index is 1030. The molecule has 0 aliphatic carbocycles. The molecule has 2 aromatic rings. The molecule has 0 radical (unpaired) electrons. The van der Waals surface area contributed by atoms with Gasteiger partial charge in [-0.25, -0.2) is 0 Å². The van der Waals surface area contributed by atoms with Crippen LogP contribution in [-0.2, 0) is 0 Å². The molecule has 0 amide bonds. The molecule has 0 N–H and O–H groups in total. The Morgan fingerprint density at radius 1 is 0.531 bits per heavy atom. The minimum Gasteiger partial charge on any atom is -0.0985 e. The van der Waals surface area contributed by atoms with Crippen molar-refractivity contribution in [2.45, 2.75) is 52.4 Å². The lowest BCUT2D eigenvalue weighted by Gasteiger charge is -2.02. The van der Waals surface area contributed by atoms with Gasteiger partial charge in [-0.15, -0.1) is 0 Å². The highest BCUT2D eigenvalue weighted by Crippen LogP contribution is 2.20. The van der Waals surface area contributed by atoms with Crippen molar-refractivity contribution < 1.29 is 0 Å². The summed E-state index contributed by atoms with van der Waals surface area (Å²) in [4.78, 5) is 0. The molecular formula is C32H30. The number of unbranched alkanes of at least 4 members (excludes halogenated alkanes) is 4. The van der Waals surface area contributed by atoms with E-state index in [-0.39, 0.29) is 0 Å². The molecule has 0 aliphatic rings. The van der Waals surface area contributed by atoms with E-state index in [0.29, 0.717) is 0 Å². The summed E-state index contributed by atoms with van der Waals surface area (Å²) >= 11 is 0. The third-order valence-corrected chi connectivity index (χ3v) is 4.55. The molecule has 2 aromatic carbocycles. The van der Waals surface area contributed by atoms with Gasteiger partial charge in [0.2, 0.25) is 0 Å². The molecule has 0 saturated carbocycles. The maximum atomic E-state index is 3.14. The fraction of sp³-hybridized carbons (Fsp3) is 0.250. The van der Waals surface area contributed by atoms with Crippen LogP contribution in [0, 0.1) is 47.4 Å². The molecule has 158 valence electrons. The summed E-state index contributed by atoms with van der Waals surface area (Å²) in [5.41, 5.74) is 4.30. The molecule has 0 spiro atoms. The van der Waals surface area contributed by atoms with Gasteiger partial charge in [-0.1, -0.05) is 98.3 Å². The van der Waals surface area contributed by atoms with Crippen molar-refractivity contribution in [3.63, 3.8) is 0 Å². The zero-order chi connectivity index (χ0) is 22.7. The Balaban J connectivity index is 1.89. The van der Waals surface area contributed by atoms with Crippen LogP contribution in [0.1, 0.15) is 63.5 Å². The van der Waals surface area contributed by atoms with Gasteiger partial charge >= 0.3 is 0 Å². The number of allylic oxidation sites excluding steroid dienone is 4. The van der Waals surface area contributed by atoms with Gasteiger partial charge < -0.3 is 0 Å². The summed E-state index contributed by atoms with van der Waals surface area (Å²) in [6, 6.07) is 16.6. The van der Waals surface area contributed by atoms with Crippen molar-refractivity contribution in [3.05, 3.63) is 84.0 Å². The van der Waals surface area contributed by atoms with Gasteiger partial charge in [0.25, 0.3) is 0 Å². The van der Waals surface area contributed by atoms with Gasteiger partial charge in [-0.3, -0.25) is 0 Å². The Morgan fingerprint density at radius 3 is 1.28 bits per heavy atom. The van der Waals surface area contributed by atoms with Gasteiger partial charge in [-0.2, -0.15) is 0 Å². The molecule has 0 heterocycles. The summed E-state index contributed by atoms with van der Waals surface area (Å²) in [6.07, 6.45) is 13.8. The summed E-state index contributed by atoms with van der Waals surface area (Å²) in [6.45, 7) is 4.34. The first-order valence-electron chi connectivity index (χ1n) is 11.3. The second kappa shape index (κ2) is 15.9. The van der Waals surface area contributed by atoms with E-state index in [2.05, 4.69) is 85.5 Å². The predicted octanol–water partition coefficient (Wildman–Crippen LogP) is 7.56. The second-order valence-corrected chi connectivity index (χ2v) is 7.21. The number of rotatable bonds is 5. The van der Waals surface area contributed by atoms with E-state index in [9.17, 15) is 0 Å². The van der Waals surface area contributed by atoms with Gasteiger partial charge in [0.1, 0.15) is 0 Å². The van der Waals surface area contributed by atoms with Crippen molar-refractivity contribution in [1.82, 2.24) is 0 Å². The summed E-state index contributed by atoms with van der Waals surface area (Å²) in [7, 11) is 0. The van der Waals surface area contributed by atoms with Crippen LogP contribution in [-0.4, -0.2) is 0 Å². The van der Waals surface area contributed by atoms with E-state index in [4.69, 9.17) is 0 Å². The topological polar surface area (TPSA) is 0 Å². The van der Waals surface area contributed by atoms with Crippen LogP contribution in [0.25, 0.3) is 11.1 Å². The lowest BCUT2D eigenvalue weighted by Crippen LogP contribution is -1.80. The third kappa shape index (κ3) is 10.3. The largest absolute Gasteiger partial charge is 0.0985 e. The molecule has 0 atom stereocenters. The molecule has 0 fully saturated rings. The van der Waals surface area contributed by atoms with E-state index in [1.54, 1.807) is 12.2 Å². The molecule has 0 unspecified atom stereocenters. The van der Waals surface area contributed by atoms with Crippen LogP contribution < -0.4 is 0 Å². The average Bonchev–Trinajstić information content (AvgIpc) is 2.83. The first kappa shape index (κ1) is 24.4. The van der Waals surface area contributed by atoms with Crippen molar-refractivity contribution in [2.24, 2.45) is 0 Å². The van der Waals surface area contributed by atoms with Crippen molar-refractivity contribution >= 4 is 0 Å².